The van der Waals surface area contributed by atoms with E-state index in [1.165, 1.54) is 24.3 Å². The topological polar surface area (TPSA) is 55.7 Å². The van der Waals surface area contributed by atoms with Gasteiger partial charge in [-0.05, 0) is 31.5 Å². The molecule has 7 heteroatoms. The molecule has 0 aliphatic rings. The number of alkyl halides is 3. The molecular weight excluding hydrogens is 251 g/mol. The first-order chi connectivity index (χ1) is 8.18. The molecule has 0 spiro atoms. The monoisotopic (exact) mass is 261 g/mol. The minimum absolute atomic E-state index is 0.0221. The third-order valence-corrected chi connectivity index (χ3v) is 2.56. The van der Waals surface area contributed by atoms with Crippen LogP contribution in [0.25, 0.3) is 0 Å². The van der Waals surface area contributed by atoms with Crippen molar-refractivity contribution in [3.63, 3.8) is 0 Å². The molecule has 0 radical (unpaired) electrons. The Morgan fingerprint density at radius 2 is 1.67 bits per heavy atom. The zero-order valence-corrected chi connectivity index (χ0v) is 9.62. The van der Waals surface area contributed by atoms with Crippen LogP contribution in [0.4, 0.5) is 18.0 Å². The SMILES string of the molecule is CC(C)(c1ccc(OC(=O)N=O)cc1)C(F)(F)F. The van der Waals surface area contributed by atoms with Crippen LogP contribution in [0.2, 0.25) is 0 Å². The fourth-order valence-corrected chi connectivity index (χ4v) is 1.22. The standard InChI is InChI=1S/C11H10F3NO3/c1-10(2,11(12,13)14)7-3-5-8(6-4-7)18-9(16)15-17/h3-6H,1-2H3. The number of carbonyl (C=O) groups is 1. The number of rotatable bonds is 2. The number of carbonyl (C=O) groups excluding carboxylic acids is 1. The number of hydrogen-bond acceptors (Lipinski definition) is 3. The highest BCUT2D eigenvalue weighted by Gasteiger charge is 2.48. The van der Waals surface area contributed by atoms with Gasteiger partial charge in [0.05, 0.1) is 10.6 Å². The van der Waals surface area contributed by atoms with E-state index in [9.17, 15) is 22.9 Å². The number of hydrogen-bond donors (Lipinski definition) is 0. The van der Waals surface area contributed by atoms with Gasteiger partial charge in [-0.15, -0.1) is 4.91 Å². The molecule has 4 nitrogen and oxygen atoms in total. The summed E-state index contributed by atoms with van der Waals surface area (Å²) < 4.78 is 42.6. The first kappa shape index (κ1) is 14.1. The Labute approximate surface area is 101 Å². The van der Waals surface area contributed by atoms with E-state index in [0.29, 0.717) is 0 Å². The van der Waals surface area contributed by atoms with Gasteiger partial charge in [0, 0.05) is 0 Å². The second-order valence-corrected chi connectivity index (χ2v) is 4.11. The minimum atomic E-state index is -4.39. The van der Waals surface area contributed by atoms with Gasteiger partial charge in [0.2, 0.25) is 0 Å². The van der Waals surface area contributed by atoms with Gasteiger partial charge in [-0.3, -0.25) is 0 Å². The van der Waals surface area contributed by atoms with Crippen LogP contribution in [0, 0.1) is 4.91 Å². The van der Waals surface area contributed by atoms with Crippen molar-refractivity contribution in [2.75, 3.05) is 0 Å². The molecule has 0 aliphatic carbocycles. The molecule has 0 aromatic heterocycles. The van der Waals surface area contributed by atoms with Gasteiger partial charge in [0.25, 0.3) is 0 Å². The molecule has 0 unspecified atom stereocenters. The van der Waals surface area contributed by atoms with Gasteiger partial charge in [-0.2, -0.15) is 13.2 Å². The lowest BCUT2D eigenvalue weighted by molar-refractivity contribution is -0.180. The fraction of sp³-hybridized carbons (Fsp3) is 0.364. The van der Waals surface area contributed by atoms with Gasteiger partial charge < -0.3 is 4.74 Å². The third-order valence-electron chi connectivity index (χ3n) is 2.56. The molecule has 98 valence electrons. The normalized spacial score (nSPS) is 12.1. The molecule has 1 amide bonds. The highest BCUT2D eigenvalue weighted by molar-refractivity contribution is 5.70. The third kappa shape index (κ3) is 2.85. The van der Waals surface area contributed by atoms with Crippen LogP contribution in [0.1, 0.15) is 19.4 Å². The van der Waals surface area contributed by atoms with Gasteiger partial charge in [0.15, 0.2) is 0 Å². The quantitative estimate of drug-likeness (QED) is 0.761. The molecule has 0 aliphatic heterocycles. The van der Waals surface area contributed by atoms with Crippen molar-refractivity contribution >= 4 is 6.09 Å². The molecule has 0 saturated carbocycles. The second-order valence-electron chi connectivity index (χ2n) is 4.11. The second kappa shape index (κ2) is 4.75. The van der Waals surface area contributed by atoms with Gasteiger partial charge in [0.1, 0.15) is 5.75 Å². The average molecular weight is 261 g/mol. The van der Waals surface area contributed by atoms with Gasteiger partial charge in [-0.1, -0.05) is 12.1 Å². The molecule has 0 heterocycles. The largest absolute Gasteiger partial charge is 0.475 e. The van der Waals surface area contributed by atoms with Crippen LogP contribution < -0.4 is 4.74 Å². The van der Waals surface area contributed by atoms with Crippen molar-refractivity contribution in [3.05, 3.63) is 34.7 Å². The molecule has 0 fully saturated rings. The van der Waals surface area contributed by atoms with E-state index < -0.39 is 17.7 Å². The Hall–Kier alpha value is -1.92. The molecule has 18 heavy (non-hydrogen) atoms. The molecule has 1 aromatic carbocycles. The number of nitroso groups, excluding NO2 is 1. The van der Waals surface area contributed by atoms with Gasteiger partial charge >= 0.3 is 12.3 Å². The van der Waals surface area contributed by atoms with Crippen molar-refractivity contribution in [2.45, 2.75) is 25.4 Å². The lowest BCUT2D eigenvalue weighted by Gasteiger charge is -2.28. The van der Waals surface area contributed by atoms with Crippen LogP contribution in [0.5, 0.6) is 5.75 Å². The molecular formula is C11H10F3NO3. The van der Waals surface area contributed by atoms with Crippen LogP contribution in [0.3, 0.4) is 0 Å². The molecule has 0 atom stereocenters. The molecule has 1 aromatic rings. The fourth-order valence-electron chi connectivity index (χ4n) is 1.22. The number of halogens is 3. The van der Waals surface area contributed by atoms with Crippen molar-refractivity contribution in [1.29, 1.82) is 0 Å². The Morgan fingerprint density at radius 1 is 1.17 bits per heavy atom. The Kier molecular flexibility index (Phi) is 3.73. The summed E-state index contributed by atoms with van der Waals surface area (Å²) in [6.45, 7) is 2.09. The first-order valence-corrected chi connectivity index (χ1v) is 4.91. The van der Waals surface area contributed by atoms with Crippen LogP contribution in [-0.2, 0) is 5.41 Å². The molecule has 0 N–H and O–H groups in total. The number of nitrogens with zero attached hydrogens (tertiary/aromatic N) is 1. The summed E-state index contributed by atoms with van der Waals surface area (Å²) >= 11 is 0. The summed E-state index contributed by atoms with van der Waals surface area (Å²) in [5.74, 6) is -0.0404. The van der Waals surface area contributed by atoms with Crippen molar-refractivity contribution < 1.29 is 22.7 Å². The Bertz CT molecular complexity index is 452. The molecule has 0 saturated heterocycles. The van der Waals surface area contributed by atoms with Crippen LogP contribution in [-0.4, -0.2) is 12.3 Å². The highest BCUT2D eigenvalue weighted by atomic mass is 19.4. The number of benzene rings is 1. The van der Waals surface area contributed by atoms with E-state index in [4.69, 9.17) is 0 Å². The summed E-state index contributed by atoms with van der Waals surface area (Å²) in [4.78, 5) is 20.3. The zero-order valence-electron chi connectivity index (χ0n) is 9.62. The van der Waals surface area contributed by atoms with E-state index in [0.717, 1.165) is 13.8 Å². The maximum atomic E-state index is 12.7. The Balaban J connectivity index is 2.96. The van der Waals surface area contributed by atoms with E-state index in [1.807, 2.05) is 5.18 Å². The maximum Gasteiger partial charge on any atom is 0.475 e. The van der Waals surface area contributed by atoms with Gasteiger partial charge in [-0.25, -0.2) is 4.79 Å². The van der Waals surface area contributed by atoms with Crippen LogP contribution >= 0.6 is 0 Å². The minimum Gasteiger partial charge on any atom is -0.407 e. The zero-order chi connectivity index (χ0) is 14.0. The smallest absolute Gasteiger partial charge is 0.407 e. The van der Waals surface area contributed by atoms with Crippen molar-refractivity contribution in [2.24, 2.45) is 5.18 Å². The summed E-state index contributed by atoms with van der Waals surface area (Å²) in [6.07, 6.45) is -5.74. The molecule has 1 rings (SSSR count). The highest BCUT2D eigenvalue weighted by Crippen LogP contribution is 2.40. The lowest BCUT2D eigenvalue weighted by atomic mass is 9.84. The van der Waals surface area contributed by atoms with E-state index >= 15 is 0 Å². The summed E-state index contributed by atoms with van der Waals surface area (Å²) in [5.41, 5.74) is -1.99. The predicted molar refractivity (Wildman–Crippen MR) is 57.3 cm³/mol. The average Bonchev–Trinajstić information content (AvgIpc) is 2.28. The summed E-state index contributed by atoms with van der Waals surface area (Å²) in [5, 5.41) is 2.00. The lowest BCUT2D eigenvalue weighted by Crippen LogP contribution is -2.36. The Morgan fingerprint density at radius 3 is 2.06 bits per heavy atom. The van der Waals surface area contributed by atoms with Crippen LogP contribution in [0.15, 0.2) is 29.4 Å². The number of ether oxygens (including phenoxy) is 1. The molecule has 0 bridgehead atoms. The first-order valence-electron chi connectivity index (χ1n) is 4.91. The van der Waals surface area contributed by atoms with E-state index in [-0.39, 0.29) is 11.3 Å². The maximum absolute atomic E-state index is 12.7. The number of amides is 1. The van der Waals surface area contributed by atoms with Crippen molar-refractivity contribution in [3.8, 4) is 5.75 Å². The summed E-state index contributed by atoms with van der Waals surface area (Å²) in [6, 6.07) is 4.71. The van der Waals surface area contributed by atoms with E-state index in [2.05, 4.69) is 4.74 Å². The summed E-state index contributed by atoms with van der Waals surface area (Å²) in [7, 11) is 0. The van der Waals surface area contributed by atoms with Crippen molar-refractivity contribution in [1.82, 2.24) is 0 Å². The predicted octanol–water partition coefficient (Wildman–Crippen LogP) is 3.79. The van der Waals surface area contributed by atoms with E-state index in [1.54, 1.807) is 0 Å².